The van der Waals surface area contributed by atoms with Gasteiger partial charge in [0.2, 0.25) is 0 Å². The first-order chi connectivity index (χ1) is 8.56. The van der Waals surface area contributed by atoms with Gasteiger partial charge in [0.25, 0.3) is 0 Å². The van der Waals surface area contributed by atoms with Crippen LogP contribution in [0.1, 0.15) is 36.3 Å². The van der Waals surface area contributed by atoms with Crippen molar-refractivity contribution >= 4 is 5.82 Å². The number of nitrogens with zero attached hydrogens (tertiary/aromatic N) is 2. The molecule has 0 aliphatic heterocycles. The summed E-state index contributed by atoms with van der Waals surface area (Å²) in [4.78, 5) is 8.72. The highest BCUT2D eigenvalue weighted by Crippen LogP contribution is 2.47. The zero-order valence-corrected chi connectivity index (χ0v) is 10.9. The standard InChI is InChI=1S/C14H17N3O/c1-7-6-10(7)11-4-5-12(18-11)14-16-9(3)8(2)13(15)17-14/h4-5,7,10H,6H2,1-3H3,(H2,15,16,17). The van der Waals surface area contributed by atoms with Crippen molar-refractivity contribution in [2.75, 3.05) is 5.73 Å². The van der Waals surface area contributed by atoms with E-state index in [4.69, 9.17) is 10.2 Å². The van der Waals surface area contributed by atoms with Crippen LogP contribution in [0.5, 0.6) is 0 Å². The van der Waals surface area contributed by atoms with Gasteiger partial charge in [-0.3, -0.25) is 0 Å². The van der Waals surface area contributed by atoms with Crippen LogP contribution in [0, 0.1) is 19.8 Å². The molecule has 3 rings (SSSR count). The maximum Gasteiger partial charge on any atom is 0.197 e. The molecule has 0 aromatic carbocycles. The molecule has 0 bridgehead atoms. The molecule has 2 atom stereocenters. The van der Waals surface area contributed by atoms with Crippen molar-refractivity contribution < 1.29 is 4.42 Å². The highest BCUT2D eigenvalue weighted by atomic mass is 16.3. The molecule has 4 nitrogen and oxygen atoms in total. The van der Waals surface area contributed by atoms with E-state index >= 15 is 0 Å². The third-order valence-electron chi connectivity index (χ3n) is 3.75. The van der Waals surface area contributed by atoms with E-state index in [9.17, 15) is 0 Å². The van der Waals surface area contributed by atoms with Crippen LogP contribution >= 0.6 is 0 Å². The first kappa shape index (κ1) is 11.3. The van der Waals surface area contributed by atoms with Crippen LogP contribution in [-0.2, 0) is 0 Å². The molecular formula is C14H17N3O. The van der Waals surface area contributed by atoms with Crippen molar-refractivity contribution in [1.82, 2.24) is 9.97 Å². The van der Waals surface area contributed by atoms with E-state index in [1.54, 1.807) is 0 Å². The van der Waals surface area contributed by atoms with Gasteiger partial charge in [0.05, 0.1) is 0 Å². The summed E-state index contributed by atoms with van der Waals surface area (Å²) in [6.07, 6.45) is 1.21. The number of anilines is 1. The van der Waals surface area contributed by atoms with Crippen LogP contribution in [-0.4, -0.2) is 9.97 Å². The monoisotopic (exact) mass is 243 g/mol. The number of hydrogen-bond acceptors (Lipinski definition) is 4. The predicted octanol–water partition coefficient (Wildman–Crippen LogP) is 3.06. The molecule has 1 saturated carbocycles. The minimum absolute atomic E-state index is 0.523. The summed E-state index contributed by atoms with van der Waals surface area (Å²) in [5, 5.41) is 0. The fraction of sp³-hybridized carbons (Fsp3) is 0.429. The second-order valence-electron chi connectivity index (χ2n) is 5.16. The Morgan fingerprint density at radius 1 is 1.28 bits per heavy atom. The number of aromatic nitrogens is 2. The number of furan rings is 1. The van der Waals surface area contributed by atoms with Gasteiger partial charge in [-0.2, -0.15) is 0 Å². The summed E-state index contributed by atoms with van der Waals surface area (Å²) in [5.74, 6) is 4.15. The Morgan fingerprint density at radius 3 is 2.61 bits per heavy atom. The van der Waals surface area contributed by atoms with E-state index in [0.717, 1.165) is 22.9 Å². The molecule has 1 fully saturated rings. The SMILES string of the molecule is Cc1nc(-c2ccc(C3CC3C)o2)nc(N)c1C. The summed E-state index contributed by atoms with van der Waals surface area (Å²) < 4.78 is 5.83. The maximum atomic E-state index is 5.87. The van der Waals surface area contributed by atoms with Crippen molar-refractivity contribution in [3.63, 3.8) is 0 Å². The highest BCUT2D eigenvalue weighted by Gasteiger charge is 2.36. The molecule has 18 heavy (non-hydrogen) atoms. The number of hydrogen-bond donors (Lipinski definition) is 1. The lowest BCUT2D eigenvalue weighted by atomic mass is 10.2. The minimum Gasteiger partial charge on any atom is -0.457 e. The van der Waals surface area contributed by atoms with Gasteiger partial charge in [-0.05, 0) is 38.3 Å². The lowest BCUT2D eigenvalue weighted by Crippen LogP contribution is -2.01. The maximum absolute atomic E-state index is 5.87. The zero-order chi connectivity index (χ0) is 12.9. The Morgan fingerprint density at radius 2 is 2.00 bits per heavy atom. The van der Waals surface area contributed by atoms with Crippen molar-refractivity contribution in [1.29, 1.82) is 0 Å². The van der Waals surface area contributed by atoms with Crippen LogP contribution in [0.4, 0.5) is 5.82 Å². The van der Waals surface area contributed by atoms with Crippen molar-refractivity contribution in [2.45, 2.75) is 33.1 Å². The average molecular weight is 243 g/mol. The average Bonchev–Trinajstić information content (AvgIpc) is 2.89. The van der Waals surface area contributed by atoms with Gasteiger partial charge in [0, 0.05) is 17.2 Å². The summed E-state index contributed by atoms with van der Waals surface area (Å²) in [7, 11) is 0. The largest absolute Gasteiger partial charge is 0.457 e. The summed E-state index contributed by atoms with van der Waals surface area (Å²) in [6, 6.07) is 3.96. The molecular weight excluding hydrogens is 226 g/mol. The molecule has 0 saturated heterocycles. The van der Waals surface area contributed by atoms with Crippen LogP contribution < -0.4 is 5.73 Å². The first-order valence-electron chi connectivity index (χ1n) is 6.27. The lowest BCUT2D eigenvalue weighted by Gasteiger charge is -2.04. The molecule has 0 amide bonds. The van der Waals surface area contributed by atoms with Gasteiger partial charge < -0.3 is 10.2 Å². The van der Waals surface area contributed by atoms with Gasteiger partial charge in [-0.25, -0.2) is 9.97 Å². The Labute approximate surface area is 106 Å². The number of rotatable bonds is 2. The summed E-state index contributed by atoms with van der Waals surface area (Å²) in [6.45, 7) is 6.09. The minimum atomic E-state index is 0.523. The molecule has 0 radical (unpaired) electrons. The Kier molecular flexibility index (Phi) is 2.40. The molecule has 2 heterocycles. The molecule has 4 heteroatoms. The van der Waals surface area contributed by atoms with E-state index in [-0.39, 0.29) is 0 Å². The topological polar surface area (TPSA) is 64.9 Å². The third-order valence-corrected chi connectivity index (χ3v) is 3.75. The van der Waals surface area contributed by atoms with Crippen LogP contribution in [0.15, 0.2) is 16.5 Å². The fourth-order valence-electron chi connectivity index (χ4n) is 2.15. The van der Waals surface area contributed by atoms with Gasteiger partial charge in [-0.15, -0.1) is 0 Å². The third kappa shape index (κ3) is 1.78. The number of aryl methyl sites for hydroxylation is 1. The molecule has 1 aliphatic rings. The van der Waals surface area contributed by atoms with Crippen molar-refractivity contribution in [2.24, 2.45) is 5.92 Å². The summed E-state index contributed by atoms with van der Waals surface area (Å²) >= 11 is 0. The Bertz CT molecular complexity index is 580. The van der Waals surface area contributed by atoms with Gasteiger partial charge in [0.1, 0.15) is 11.6 Å². The van der Waals surface area contributed by atoms with Crippen molar-refractivity contribution in [3.8, 4) is 11.6 Å². The van der Waals surface area contributed by atoms with Gasteiger partial charge >= 0.3 is 0 Å². The molecule has 1 aliphatic carbocycles. The van der Waals surface area contributed by atoms with Gasteiger partial charge in [-0.1, -0.05) is 6.92 Å². The lowest BCUT2D eigenvalue weighted by molar-refractivity contribution is 0.515. The van der Waals surface area contributed by atoms with E-state index in [1.807, 2.05) is 26.0 Å². The molecule has 0 spiro atoms. The van der Waals surface area contributed by atoms with Crippen LogP contribution in [0.3, 0.4) is 0 Å². The quantitative estimate of drug-likeness (QED) is 0.880. The smallest absolute Gasteiger partial charge is 0.197 e. The summed E-state index contributed by atoms with van der Waals surface area (Å²) in [5.41, 5.74) is 7.70. The highest BCUT2D eigenvalue weighted by molar-refractivity contribution is 5.53. The van der Waals surface area contributed by atoms with Gasteiger partial charge in [0.15, 0.2) is 11.6 Å². The second kappa shape index (κ2) is 3.83. The van der Waals surface area contributed by atoms with E-state index in [2.05, 4.69) is 16.9 Å². The second-order valence-corrected chi connectivity index (χ2v) is 5.16. The Balaban J connectivity index is 1.97. The molecule has 2 aromatic heterocycles. The Hall–Kier alpha value is -1.84. The van der Waals surface area contributed by atoms with E-state index < -0.39 is 0 Å². The van der Waals surface area contributed by atoms with E-state index in [1.165, 1.54) is 6.42 Å². The first-order valence-corrected chi connectivity index (χ1v) is 6.27. The fourth-order valence-corrected chi connectivity index (χ4v) is 2.15. The van der Waals surface area contributed by atoms with E-state index in [0.29, 0.717) is 23.3 Å². The number of nitrogens with two attached hydrogens (primary N) is 1. The molecule has 2 unspecified atom stereocenters. The predicted molar refractivity (Wildman–Crippen MR) is 70.1 cm³/mol. The molecule has 2 N–H and O–H groups in total. The molecule has 94 valence electrons. The normalized spacial score (nSPS) is 22.2. The van der Waals surface area contributed by atoms with Crippen LogP contribution in [0.2, 0.25) is 0 Å². The van der Waals surface area contributed by atoms with Crippen LogP contribution in [0.25, 0.3) is 11.6 Å². The number of nitrogen functional groups attached to an aromatic ring is 1. The molecule has 2 aromatic rings. The zero-order valence-electron chi connectivity index (χ0n) is 10.9. The van der Waals surface area contributed by atoms with Crippen molar-refractivity contribution in [3.05, 3.63) is 29.2 Å².